The van der Waals surface area contributed by atoms with Gasteiger partial charge in [0.25, 0.3) is 5.91 Å². The third-order valence-electron chi connectivity index (χ3n) is 3.26. The summed E-state index contributed by atoms with van der Waals surface area (Å²) in [5, 5.41) is 0. The summed E-state index contributed by atoms with van der Waals surface area (Å²) in [6.45, 7) is 7.28. The Morgan fingerprint density at radius 1 is 1.30 bits per heavy atom. The van der Waals surface area contributed by atoms with E-state index in [9.17, 15) is 4.79 Å². The fourth-order valence-electron chi connectivity index (χ4n) is 1.84. The SMILES string of the molecule is CCOCCO[C@@H](C)C(=O)N(C)[C@@H](C)c1ccncc1. The molecular weight excluding hydrogens is 256 g/mol. The minimum absolute atomic E-state index is 0.0107. The van der Waals surface area contributed by atoms with Crippen molar-refractivity contribution in [3.63, 3.8) is 0 Å². The van der Waals surface area contributed by atoms with Gasteiger partial charge < -0.3 is 14.4 Å². The Kier molecular flexibility index (Phi) is 7.18. The minimum Gasteiger partial charge on any atom is -0.379 e. The van der Waals surface area contributed by atoms with Crippen LogP contribution in [0.5, 0.6) is 0 Å². The van der Waals surface area contributed by atoms with Gasteiger partial charge in [-0.1, -0.05) is 0 Å². The van der Waals surface area contributed by atoms with E-state index in [1.165, 1.54) is 0 Å². The number of hydrogen-bond donors (Lipinski definition) is 0. The van der Waals surface area contributed by atoms with Crippen LogP contribution in [0, 0.1) is 0 Å². The van der Waals surface area contributed by atoms with Crippen LogP contribution >= 0.6 is 0 Å². The fourth-order valence-corrected chi connectivity index (χ4v) is 1.84. The lowest BCUT2D eigenvalue weighted by Crippen LogP contribution is -2.38. The summed E-state index contributed by atoms with van der Waals surface area (Å²) in [5.41, 5.74) is 1.05. The zero-order valence-electron chi connectivity index (χ0n) is 12.7. The van der Waals surface area contributed by atoms with E-state index in [0.29, 0.717) is 19.8 Å². The lowest BCUT2D eigenvalue weighted by Gasteiger charge is -2.28. The Morgan fingerprint density at radius 3 is 2.55 bits per heavy atom. The van der Waals surface area contributed by atoms with Gasteiger partial charge in [0, 0.05) is 26.0 Å². The summed E-state index contributed by atoms with van der Waals surface area (Å²) in [7, 11) is 1.79. The standard InChI is InChI=1S/C15H24N2O3/c1-5-19-10-11-20-13(3)15(18)17(4)12(2)14-6-8-16-9-7-14/h6-9,12-13H,5,10-11H2,1-4H3/t12-,13-/m0/s1. The maximum atomic E-state index is 12.3. The predicted molar refractivity (Wildman–Crippen MR) is 77.3 cm³/mol. The maximum absolute atomic E-state index is 12.3. The van der Waals surface area contributed by atoms with Crippen LogP contribution in [-0.4, -0.2) is 48.8 Å². The molecule has 0 aliphatic heterocycles. The number of aromatic nitrogens is 1. The number of ether oxygens (including phenoxy) is 2. The van der Waals surface area contributed by atoms with E-state index < -0.39 is 6.10 Å². The lowest BCUT2D eigenvalue weighted by molar-refractivity contribution is -0.144. The average molecular weight is 280 g/mol. The monoisotopic (exact) mass is 280 g/mol. The zero-order chi connectivity index (χ0) is 15.0. The Hall–Kier alpha value is -1.46. The molecule has 1 amide bonds. The molecular formula is C15H24N2O3. The van der Waals surface area contributed by atoms with E-state index in [0.717, 1.165) is 5.56 Å². The fraction of sp³-hybridized carbons (Fsp3) is 0.600. The molecule has 0 aromatic carbocycles. The normalized spacial score (nSPS) is 13.8. The van der Waals surface area contributed by atoms with E-state index in [2.05, 4.69) is 4.98 Å². The van der Waals surface area contributed by atoms with Crippen LogP contribution in [-0.2, 0) is 14.3 Å². The highest BCUT2D eigenvalue weighted by molar-refractivity contribution is 5.80. The summed E-state index contributed by atoms with van der Waals surface area (Å²) in [4.78, 5) is 17.9. The van der Waals surface area contributed by atoms with Crippen molar-refractivity contribution in [2.45, 2.75) is 32.9 Å². The van der Waals surface area contributed by atoms with Crippen LogP contribution in [0.1, 0.15) is 32.4 Å². The first kappa shape index (κ1) is 16.6. The second-order valence-electron chi connectivity index (χ2n) is 4.62. The maximum Gasteiger partial charge on any atom is 0.251 e. The summed E-state index contributed by atoms with van der Waals surface area (Å²) in [6, 6.07) is 3.81. The number of nitrogens with zero attached hydrogens (tertiary/aromatic N) is 2. The molecule has 1 heterocycles. The molecule has 0 N–H and O–H groups in total. The largest absolute Gasteiger partial charge is 0.379 e. The third-order valence-corrected chi connectivity index (χ3v) is 3.26. The van der Waals surface area contributed by atoms with Gasteiger partial charge in [0.05, 0.1) is 19.3 Å². The Balaban J connectivity index is 2.49. The number of likely N-dealkylation sites (N-methyl/N-ethyl adjacent to an activating group) is 1. The molecule has 112 valence electrons. The highest BCUT2D eigenvalue weighted by Crippen LogP contribution is 2.18. The van der Waals surface area contributed by atoms with Gasteiger partial charge in [0.1, 0.15) is 6.10 Å². The number of carbonyl (C=O) groups is 1. The van der Waals surface area contributed by atoms with Gasteiger partial charge in [-0.25, -0.2) is 0 Å². The Labute approximate surface area is 120 Å². The van der Waals surface area contributed by atoms with Crippen molar-refractivity contribution in [2.24, 2.45) is 0 Å². The van der Waals surface area contributed by atoms with Crippen molar-refractivity contribution < 1.29 is 14.3 Å². The second-order valence-corrected chi connectivity index (χ2v) is 4.62. The van der Waals surface area contributed by atoms with Crippen LogP contribution in [0.2, 0.25) is 0 Å². The number of pyridine rings is 1. The van der Waals surface area contributed by atoms with Gasteiger partial charge in [-0.15, -0.1) is 0 Å². The zero-order valence-corrected chi connectivity index (χ0v) is 12.7. The minimum atomic E-state index is -0.468. The molecule has 1 aromatic rings. The topological polar surface area (TPSA) is 51.7 Å². The van der Waals surface area contributed by atoms with Gasteiger partial charge in [0.2, 0.25) is 0 Å². The molecule has 0 unspecified atom stereocenters. The van der Waals surface area contributed by atoms with Gasteiger partial charge in [-0.3, -0.25) is 9.78 Å². The molecule has 0 radical (unpaired) electrons. The number of amides is 1. The molecule has 5 heteroatoms. The molecule has 0 bridgehead atoms. The van der Waals surface area contributed by atoms with Crippen LogP contribution in [0.3, 0.4) is 0 Å². The molecule has 2 atom stereocenters. The summed E-state index contributed by atoms with van der Waals surface area (Å²) < 4.78 is 10.7. The highest BCUT2D eigenvalue weighted by Gasteiger charge is 2.22. The first-order valence-corrected chi connectivity index (χ1v) is 6.93. The van der Waals surface area contributed by atoms with Crippen LogP contribution in [0.4, 0.5) is 0 Å². The summed E-state index contributed by atoms with van der Waals surface area (Å²) in [6.07, 6.45) is 2.99. The van der Waals surface area contributed by atoms with E-state index >= 15 is 0 Å². The molecule has 0 saturated carbocycles. The molecule has 0 aliphatic carbocycles. The molecule has 1 aromatic heterocycles. The average Bonchev–Trinajstić information content (AvgIpc) is 2.50. The Morgan fingerprint density at radius 2 is 1.95 bits per heavy atom. The Bertz CT molecular complexity index is 397. The van der Waals surface area contributed by atoms with Crippen molar-refractivity contribution in [2.75, 3.05) is 26.9 Å². The van der Waals surface area contributed by atoms with E-state index in [-0.39, 0.29) is 11.9 Å². The summed E-state index contributed by atoms with van der Waals surface area (Å²) >= 11 is 0. The van der Waals surface area contributed by atoms with Gasteiger partial charge in [0.15, 0.2) is 0 Å². The predicted octanol–water partition coefficient (Wildman–Crippen LogP) is 2.04. The number of hydrogen-bond acceptors (Lipinski definition) is 4. The van der Waals surface area contributed by atoms with Crippen LogP contribution in [0.15, 0.2) is 24.5 Å². The quantitative estimate of drug-likeness (QED) is 0.684. The summed E-state index contributed by atoms with van der Waals surface area (Å²) in [5.74, 6) is -0.0363. The second kappa shape index (κ2) is 8.66. The molecule has 0 spiro atoms. The first-order chi connectivity index (χ1) is 9.57. The third kappa shape index (κ3) is 4.90. The first-order valence-electron chi connectivity index (χ1n) is 6.93. The number of rotatable bonds is 8. The van der Waals surface area contributed by atoms with Crippen LogP contribution in [0.25, 0.3) is 0 Å². The molecule has 5 nitrogen and oxygen atoms in total. The number of carbonyl (C=O) groups excluding carboxylic acids is 1. The van der Waals surface area contributed by atoms with E-state index in [1.807, 2.05) is 26.0 Å². The van der Waals surface area contributed by atoms with Crippen molar-refractivity contribution in [3.8, 4) is 0 Å². The molecule has 20 heavy (non-hydrogen) atoms. The van der Waals surface area contributed by atoms with Crippen molar-refractivity contribution >= 4 is 5.91 Å². The molecule has 0 aliphatic rings. The smallest absolute Gasteiger partial charge is 0.251 e. The van der Waals surface area contributed by atoms with Crippen molar-refractivity contribution in [1.29, 1.82) is 0 Å². The van der Waals surface area contributed by atoms with Crippen LogP contribution < -0.4 is 0 Å². The highest BCUT2D eigenvalue weighted by atomic mass is 16.5. The lowest BCUT2D eigenvalue weighted by atomic mass is 10.1. The molecule has 0 fully saturated rings. The van der Waals surface area contributed by atoms with Gasteiger partial charge in [-0.05, 0) is 38.5 Å². The van der Waals surface area contributed by atoms with E-state index in [4.69, 9.17) is 9.47 Å². The molecule has 1 rings (SSSR count). The van der Waals surface area contributed by atoms with E-state index in [1.54, 1.807) is 31.3 Å². The van der Waals surface area contributed by atoms with Gasteiger partial charge >= 0.3 is 0 Å². The molecule has 0 saturated heterocycles. The van der Waals surface area contributed by atoms with Gasteiger partial charge in [-0.2, -0.15) is 0 Å². The van der Waals surface area contributed by atoms with Crippen molar-refractivity contribution in [1.82, 2.24) is 9.88 Å². The van der Waals surface area contributed by atoms with Crippen molar-refractivity contribution in [3.05, 3.63) is 30.1 Å².